The predicted octanol–water partition coefficient (Wildman–Crippen LogP) is 2.37. The average Bonchev–Trinajstić information content (AvgIpc) is 2.80. The first-order valence-corrected chi connectivity index (χ1v) is 7.22. The molecule has 21 heavy (non-hydrogen) atoms. The molecular weight excluding hydrogens is 270 g/mol. The molecule has 1 saturated carbocycles. The Morgan fingerprint density at radius 1 is 1.38 bits per heavy atom. The van der Waals surface area contributed by atoms with E-state index in [4.69, 9.17) is 4.74 Å². The van der Waals surface area contributed by atoms with Crippen molar-refractivity contribution in [2.45, 2.75) is 20.0 Å². The highest BCUT2D eigenvalue weighted by molar-refractivity contribution is 5.79. The average molecular weight is 289 g/mol. The zero-order chi connectivity index (χ0) is 15.0. The summed E-state index contributed by atoms with van der Waals surface area (Å²) in [5.74, 6) is -0.378. The van der Waals surface area contributed by atoms with Crippen LogP contribution in [0.5, 0.6) is 0 Å². The predicted molar refractivity (Wildman–Crippen MR) is 75.5 cm³/mol. The molecule has 0 spiro atoms. The molecule has 1 aromatic rings. The highest BCUT2D eigenvalue weighted by atomic mass is 16.6. The lowest BCUT2D eigenvalue weighted by molar-refractivity contribution is -0.161. The van der Waals surface area contributed by atoms with Gasteiger partial charge in [-0.2, -0.15) is 0 Å². The van der Waals surface area contributed by atoms with Gasteiger partial charge in [0.2, 0.25) is 0 Å². The van der Waals surface area contributed by atoms with Gasteiger partial charge in [-0.1, -0.05) is 37.3 Å². The number of aliphatic carboxylic acids is 1. The zero-order valence-electron chi connectivity index (χ0n) is 12.0. The van der Waals surface area contributed by atoms with Crippen LogP contribution in [0.2, 0.25) is 0 Å². The maximum absolute atomic E-state index is 12.1. The molecule has 3 rings (SSSR count). The lowest BCUT2D eigenvalue weighted by Gasteiger charge is -2.45. The molecule has 0 aromatic heterocycles. The first-order valence-electron chi connectivity index (χ1n) is 7.22. The van der Waals surface area contributed by atoms with Gasteiger partial charge in [0.1, 0.15) is 6.61 Å². The molecule has 3 atom stereocenters. The molecular formula is C16H19NO4. The molecule has 1 amide bonds. The number of carboxylic acids is 1. The zero-order valence-corrected chi connectivity index (χ0v) is 12.0. The second kappa shape index (κ2) is 5.06. The quantitative estimate of drug-likeness (QED) is 0.927. The van der Waals surface area contributed by atoms with Gasteiger partial charge in [-0.25, -0.2) is 4.79 Å². The highest BCUT2D eigenvalue weighted by Gasteiger charge is 2.63. The third-order valence-corrected chi connectivity index (χ3v) is 4.86. The van der Waals surface area contributed by atoms with E-state index in [1.165, 1.54) is 0 Å². The minimum atomic E-state index is -0.788. The van der Waals surface area contributed by atoms with E-state index in [0.717, 1.165) is 5.56 Å². The van der Waals surface area contributed by atoms with Gasteiger partial charge >= 0.3 is 12.1 Å². The largest absolute Gasteiger partial charge is 0.481 e. The van der Waals surface area contributed by atoms with Gasteiger partial charge in [0.05, 0.1) is 5.41 Å². The molecule has 1 saturated heterocycles. The topological polar surface area (TPSA) is 66.8 Å². The van der Waals surface area contributed by atoms with Crippen LogP contribution in [0.25, 0.3) is 0 Å². The van der Waals surface area contributed by atoms with E-state index in [-0.39, 0.29) is 19.1 Å². The van der Waals surface area contributed by atoms with Crippen molar-refractivity contribution in [1.29, 1.82) is 0 Å². The number of fused-ring (bicyclic) bond motifs is 1. The third-order valence-electron chi connectivity index (χ3n) is 4.86. The van der Waals surface area contributed by atoms with Crippen LogP contribution in [-0.2, 0) is 16.1 Å². The van der Waals surface area contributed by atoms with Crippen molar-refractivity contribution >= 4 is 12.1 Å². The van der Waals surface area contributed by atoms with Gasteiger partial charge in [-0.15, -0.1) is 0 Å². The van der Waals surface area contributed by atoms with E-state index in [0.29, 0.717) is 18.9 Å². The molecule has 1 aromatic carbocycles. The van der Waals surface area contributed by atoms with E-state index in [9.17, 15) is 14.7 Å². The van der Waals surface area contributed by atoms with Crippen molar-refractivity contribution in [2.24, 2.45) is 17.3 Å². The maximum atomic E-state index is 12.1. The maximum Gasteiger partial charge on any atom is 0.410 e. The summed E-state index contributed by atoms with van der Waals surface area (Å²) in [5.41, 5.74) is 0.180. The molecule has 5 heteroatoms. The summed E-state index contributed by atoms with van der Waals surface area (Å²) < 4.78 is 5.29. The fourth-order valence-corrected chi connectivity index (χ4v) is 3.69. The van der Waals surface area contributed by atoms with Gasteiger partial charge in [0.25, 0.3) is 0 Å². The minimum Gasteiger partial charge on any atom is -0.481 e. The van der Waals surface area contributed by atoms with Crippen molar-refractivity contribution in [1.82, 2.24) is 4.90 Å². The summed E-state index contributed by atoms with van der Waals surface area (Å²) in [6.45, 7) is 3.02. The van der Waals surface area contributed by atoms with Crippen LogP contribution in [0, 0.1) is 17.3 Å². The van der Waals surface area contributed by atoms with Crippen LogP contribution in [0.3, 0.4) is 0 Å². The third kappa shape index (κ3) is 2.26. The number of carboxylic acid groups (broad SMARTS) is 1. The molecule has 2 fully saturated rings. The van der Waals surface area contributed by atoms with E-state index in [2.05, 4.69) is 0 Å². The molecule has 1 N–H and O–H groups in total. The summed E-state index contributed by atoms with van der Waals surface area (Å²) in [6, 6.07) is 9.46. The first kappa shape index (κ1) is 13.9. The Kier molecular flexibility index (Phi) is 3.35. The number of hydrogen-bond donors (Lipinski definition) is 1. The van der Waals surface area contributed by atoms with Crippen LogP contribution in [0.15, 0.2) is 30.3 Å². The van der Waals surface area contributed by atoms with E-state index in [1.54, 1.807) is 4.90 Å². The number of carbonyl (C=O) groups is 2. The Labute approximate surface area is 123 Å². The second-order valence-electron chi connectivity index (χ2n) is 6.17. The molecule has 1 aliphatic carbocycles. The molecule has 0 radical (unpaired) electrons. The lowest BCUT2D eigenvalue weighted by Crippen LogP contribution is -2.51. The smallest absolute Gasteiger partial charge is 0.410 e. The fourth-order valence-electron chi connectivity index (χ4n) is 3.69. The normalized spacial score (nSPS) is 30.4. The van der Waals surface area contributed by atoms with E-state index in [1.807, 2.05) is 37.3 Å². The first-order chi connectivity index (χ1) is 10.0. The van der Waals surface area contributed by atoms with Gasteiger partial charge in [0.15, 0.2) is 0 Å². The molecule has 1 heterocycles. The second-order valence-corrected chi connectivity index (χ2v) is 6.17. The van der Waals surface area contributed by atoms with Crippen molar-refractivity contribution in [2.75, 3.05) is 13.1 Å². The Morgan fingerprint density at radius 3 is 2.67 bits per heavy atom. The van der Waals surface area contributed by atoms with Crippen LogP contribution < -0.4 is 0 Å². The van der Waals surface area contributed by atoms with Crippen molar-refractivity contribution in [3.63, 3.8) is 0 Å². The Hall–Kier alpha value is -2.04. The lowest BCUT2D eigenvalue weighted by atomic mass is 9.56. The number of rotatable bonds is 3. The Balaban J connectivity index is 1.61. The number of nitrogens with zero attached hydrogens (tertiary/aromatic N) is 1. The summed E-state index contributed by atoms with van der Waals surface area (Å²) in [6.07, 6.45) is 0.233. The molecule has 2 aliphatic rings. The monoisotopic (exact) mass is 289 g/mol. The number of likely N-dealkylation sites (tertiary alicyclic amines) is 1. The summed E-state index contributed by atoms with van der Waals surface area (Å²) in [4.78, 5) is 25.2. The highest BCUT2D eigenvalue weighted by Crippen LogP contribution is 2.55. The molecule has 0 bridgehead atoms. The van der Waals surface area contributed by atoms with Crippen LogP contribution in [-0.4, -0.2) is 35.2 Å². The van der Waals surface area contributed by atoms with Gasteiger partial charge in [-0.05, 0) is 23.8 Å². The number of hydrogen-bond acceptors (Lipinski definition) is 3. The van der Waals surface area contributed by atoms with E-state index >= 15 is 0 Å². The summed E-state index contributed by atoms with van der Waals surface area (Å²) >= 11 is 0. The van der Waals surface area contributed by atoms with Crippen molar-refractivity contribution < 1.29 is 19.4 Å². The number of benzene rings is 1. The van der Waals surface area contributed by atoms with Gasteiger partial charge < -0.3 is 14.7 Å². The number of ether oxygens (including phenoxy) is 1. The van der Waals surface area contributed by atoms with Crippen LogP contribution in [0.4, 0.5) is 4.79 Å². The molecule has 1 aliphatic heterocycles. The van der Waals surface area contributed by atoms with Crippen LogP contribution >= 0.6 is 0 Å². The molecule has 112 valence electrons. The minimum absolute atomic E-state index is 0.0549. The van der Waals surface area contributed by atoms with Crippen LogP contribution in [0.1, 0.15) is 18.9 Å². The Bertz CT molecular complexity index is 559. The van der Waals surface area contributed by atoms with Gasteiger partial charge in [-0.3, -0.25) is 4.79 Å². The Morgan fingerprint density at radius 2 is 2.10 bits per heavy atom. The molecule has 2 unspecified atom stereocenters. The standard InChI is InChI=1S/C16H19NO4/c1-11-7-16(14(18)19)10-17(8-13(11)16)15(20)21-9-12-5-3-2-4-6-12/h2-6,11,13H,7-10H2,1H3,(H,18,19)/t11?,13?,16-/m1/s1. The number of carbonyl (C=O) groups excluding carboxylic acids is 1. The molecule has 5 nitrogen and oxygen atoms in total. The van der Waals surface area contributed by atoms with E-state index < -0.39 is 17.5 Å². The van der Waals surface area contributed by atoms with Gasteiger partial charge in [0, 0.05) is 13.1 Å². The summed E-state index contributed by atoms with van der Waals surface area (Å²) in [7, 11) is 0. The number of amides is 1. The fraction of sp³-hybridized carbons (Fsp3) is 0.500. The summed E-state index contributed by atoms with van der Waals surface area (Å²) in [5, 5.41) is 9.44. The SMILES string of the molecule is CC1C[C@@]2(C(=O)O)CN(C(=O)OCc3ccccc3)CC12. The van der Waals surface area contributed by atoms with Crippen molar-refractivity contribution in [3.8, 4) is 0 Å². The van der Waals surface area contributed by atoms with Crippen molar-refractivity contribution in [3.05, 3.63) is 35.9 Å².